The molecular weight excluding hydrogens is 220 g/mol. The van der Waals surface area contributed by atoms with Crippen molar-refractivity contribution in [3.05, 3.63) is 34.0 Å². The van der Waals surface area contributed by atoms with Crippen molar-refractivity contribution < 1.29 is 0 Å². The van der Waals surface area contributed by atoms with Crippen LogP contribution in [0.1, 0.15) is 35.5 Å². The fourth-order valence-corrected chi connectivity index (χ4v) is 2.90. The molecule has 0 aliphatic carbocycles. The molecule has 0 radical (unpaired) electrons. The topological polar surface area (TPSA) is 56.7 Å². The summed E-state index contributed by atoms with van der Waals surface area (Å²) in [5, 5.41) is 10.6. The van der Waals surface area contributed by atoms with E-state index in [1.807, 2.05) is 0 Å². The summed E-state index contributed by atoms with van der Waals surface area (Å²) in [4.78, 5) is 1.31. The van der Waals surface area contributed by atoms with E-state index in [1.54, 1.807) is 11.3 Å². The van der Waals surface area contributed by atoms with E-state index in [2.05, 4.69) is 32.3 Å². The monoisotopic (exact) mass is 234 g/mol. The van der Waals surface area contributed by atoms with Crippen LogP contribution in [0.3, 0.4) is 0 Å². The van der Waals surface area contributed by atoms with Crippen molar-refractivity contribution >= 4 is 11.3 Å². The first kappa shape index (κ1) is 9.99. The number of thiophene rings is 1. The fraction of sp³-hybridized carbons (Fsp3) is 0.455. The first-order chi connectivity index (χ1) is 7.84. The van der Waals surface area contributed by atoms with Gasteiger partial charge in [0.15, 0.2) is 0 Å². The van der Waals surface area contributed by atoms with Gasteiger partial charge in [-0.05, 0) is 24.3 Å². The van der Waals surface area contributed by atoms with Gasteiger partial charge in [0.1, 0.15) is 11.6 Å². The molecule has 2 aromatic rings. The van der Waals surface area contributed by atoms with Crippen molar-refractivity contribution in [2.45, 2.75) is 31.8 Å². The highest BCUT2D eigenvalue weighted by molar-refractivity contribution is 7.09. The molecule has 2 aromatic heterocycles. The molecule has 1 aliphatic rings. The molecule has 3 rings (SSSR count). The predicted molar refractivity (Wildman–Crippen MR) is 63.3 cm³/mol. The lowest BCUT2D eigenvalue weighted by Gasteiger charge is -2.22. The third-order valence-corrected chi connectivity index (χ3v) is 3.86. The number of rotatable bonds is 2. The van der Waals surface area contributed by atoms with Crippen LogP contribution in [-0.4, -0.2) is 14.8 Å². The summed E-state index contributed by atoms with van der Waals surface area (Å²) < 4.78 is 2.11. The van der Waals surface area contributed by atoms with Crippen molar-refractivity contribution in [3.63, 3.8) is 0 Å². The van der Waals surface area contributed by atoms with Crippen LogP contribution in [0, 0.1) is 0 Å². The minimum atomic E-state index is 0.0636. The van der Waals surface area contributed by atoms with Crippen LogP contribution in [0.5, 0.6) is 0 Å². The van der Waals surface area contributed by atoms with E-state index in [0.717, 1.165) is 37.3 Å². The molecule has 5 heteroatoms. The summed E-state index contributed by atoms with van der Waals surface area (Å²) in [6.07, 6.45) is 4.07. The lowest BCUT2D eigenvalue weighted by atomic mass is 10.1. The van der Waals surface area contributed by atoms with Gasteiger partial charge in [0.25, 0.3) is 0 Å². The van der Waals surface area contributed by atoms with E-state index in [1.165, 1.54) is 4.88 Å². The van der Waals surface area contributed by atoms with Crippen molar-refractivity contribution in [1.82, 2.24) is 14.8 Å². The Morgan fingerprint density at radius 2 is 2.44 bits per heavy atom. The van der Waals surface area contributed by atoms with Crippen molar-refractivity contribution in [2.75, 3.05) is 0 Å². The smallest absolute Gasteiger partial charge is 0.139 e. The minimum Gasteiger partial charge on any atom is -0.311 e. The van der Waals surface area contributed by atoms with Crippen LogP contribution in [0.25, 0.3) is 0 Å². The maximum Gasteiger partial charge on any atom is 0.139 e. The number of nitrogens with zero attached hydrogens (tertiary/aromatic N) is 3. The third kappa shape index (κ3) is 1.66. The van der Waals surface area contributed by atoms with Crippen LogP contribution in [0.2, 0.25) is 0 Å². The third-order valence-electron chi connectivity index (χ3n) is 2.98. The summed E-state index contributed by atoms with van der Waals surface area (Å²) in [7, 11) is 0. The average molecular weight is 234 g/mol. The van der Waals surface area contributed by atoms with Crippen LogP contribution in [0.15, 0.2) is 17.5 Å². The Bertz CT molecular complexity index is 474. The number of nitrogens with two attached hydrogens (primary N) is 1. The van der Waals surface area contributed by atoms with Gasteiger partial charge < -0.3 is 5.73 Å². The van der Waals surface area contributed by atoms with Gasteiger partial charge in [0, 0.05) is 17.7 Å². The molecule has 16 heavy (non-hydrogen) atoms. The molecule has 84 valence electrons. The molecule has 0 spiro atoms. The molecule has 0 fully saturated rings. The summed E-state index contributed by atoms with van der Waals surface area (Å²) in [6.45, 7) is 0. The van der Waals surface area contributed by atoms with E-state index < -0.39 is 0 Å². The number of aromatic nitrogens is 3. The molecule has 1 aliphatic heterocycles. The quantitative estimate of drug-likeness (QED) is 0.860. The molecule has 4 nitrogen and oxygen atoms in total. The molecule has 0 bridgehead atoms. The van der Waals surface area contributed by atoms with Gasteiger partial charge in [-0.2, -0.15) is 0 Å². The standard InChI is InChI=1S/C11H14N4S/c12-9-4-1-5-10-13-14-11(15(9)10)7-8-3-2-6-16-8/h2-3,6,9H,1,4-5,7,12H2. The van der Waals surface area contributed by atoms with Crippen molar-refractivity contribution in [1.29, 1.82) is 0 Å². The van der Waals surface area contributed by atoms with E-state index >= 15 is 0 Å². The lowest BCUT2D eigenvalue weighted by Crippen LogP contribution is -2.26. The number of aryl methyl sites for hydroxylation is 1. The molecule has 1 unspecified atom stereocenters. The molecular formula is C11H14N4S. The number of hydrogen-bond donors (Lipinski definition) is 1. The largest absolute Gasteiger partial charge is 0.311 e. The number of fused-ring (bicyclic) bond motifs is 1. The molecule has 0 saturated heterocycles. The Morgan fingerprint density at radius 1 is 1.50 bits per heavy atom. The van der Waals surface area contributed by atoms with E-state index in [0.29, 0.717) is 0 Å². The van der Waals surface area contributed by atoms with E-state index in [-0.39, 0.29) is 6.17 Å². The number of hydrogen-bond acceptors (Lipinski definition) is 4. The minimum absolute atomic E-state index is 0.0636. The van der Waals surface area contributed by atoms with Gasteiger partial charge in [-0.1, -0.05) is 6.07 Å². The van der Waals surface area contributed by atoms with Crippen LogP contribution < -0.4 is 5.73 Å². The highest BCUT2D eigenvalue weighted by Gasteiger charge is 2.21. The van der Waals surface area contributed by atoms with Crippen LogP contribution >= 0.6 is 11.3 Å². The van der Waals surface area contributed by atoms with Crippen molar-refractivity contribution in [3.8, 4) is 0 Å². The fourth-order valence-electron chi connectivity index (χ4n) is 2.20. The molecule has 0 saturated carbocycles. The van der Waals surface area contributed by atoms with Gasteiger partial charge >= 0.3 is 0 Å². The first-order valence-corrected chi connectivity index (χ1v) is 6.43. The van der Waals surface area contributed by atoms with Crippen LogP contribution in [0.4, 0.5) is 0 Å². The van der Waals surface area contributed by atoms with Gasteiger partial charge in [-0.15, -0.1) is 21.5 Å². The second-order valence-electron chi connectivity index (χ2n) is 4.12. The van der Waals surface area contributed by atoms with E-state index in [4.69, 9.17) is 5.73 Å². The SMILES string of the molecule is NC1CCCc2nnc(Cc3cccs3)n21. The molecule has 2 N–H and O–H groups in total. The van der Waals surface area contributed by atoms with Gasteiger partial charge in [-0.25, -0.2) is 0 Å². The Morgan fingerprint density at radius 3 is 3.25 bits per heavy atom. The van der Waals surface area contributed by atoms with E-state index in [9.17, 15) is 0 Å². The maximum atomic E-state index is 6.11. The molecule has 0 aromatic carbocycles. The average Bonchev–Trinajstić information content (AvgIpc) is 2.90. The maximum absolute atomic E-state index is 6.11. The first-order valence-electron chi connectivity index (χ1n) is 5.55. The second kappa shape index (κ2) is 3.99. The summed E-state index contributed by atoms with van der Waals surface area (Å²) >= 11 is 1.75. The normalized spacial score (nSPS) is 19.7. The zero-order valence-corrected chi connectivity index (χ0v) is 9.78. The molecule has 3 heterocycles. The van der Waals surface area contributed by atoms with Gasteiger partial charge in [0.05, 0.1) is 6.17 Å². The van der Waals surface area contributed by atoms with Crippen molar-refractivity contribution in [2.24, 2.45) is 5.73 Å². The summed E-state index contributed by atoms with van der Waals surface area (Å²) in [6, 6.07) is 4.19. The zero-order chi connectivity index (χ0) is 11.0. The Labute approximate surface area is 98.1 Å². The van der Waals surface area contributed by atoms with Gasteiger partial charge in [-0.3, -0.25) is 4.57 Å². The summed E-state index contributed by atoms with van der Waals surface area (Å²) in [5.41, 5.74) is 6.11. The summed E-state index contributed by atoms with van der Waals surface area (Å²) in [5.74, 6) is 2.05. The highest BCUT2D eigenvalue weighted by atomic mass is 32.1. The highest BCUT2D eigenvalue weighted by Crippen LogP contribution is 2.23. The predicted octanol–water partition coefficient (Wildman–Crippen LogP) is 1.72. The Hall–Kier alpha value is -1.20. The molecule has 1 atom stereocenters. The molecule has 0 amide bonds. The lowest BCUT2D eigenvalue weighted by molar-refractivity contribution is 0.399. The van der Waals surface area contributed by atoms with Gasteiger partial charge in [0.2, 0.25) is 0 Å². The Balaban J connectivity index is 1.93. The van der Waals surface area contributed by atoms with Crippen LogP contribution in [-0.2, 0) is 12.8 Å². The zero-order valence-electron chi connectivity index (χ0n) is 8.97. The Kier molecular flexibility index (Phi) is 2.49. The second-order valence-corrected chi connectivity index (χ2v) is 5.15.